The molecule has 1 nitrogen and oxygen atoms in total. The molecular formula is C18H27ClO. The highest BCUT2D eigenvalue weighted by Gasteiger charge is 2.17. The zero-order chi connectivity index (χ0) is 14.5. The molecule has 0 aromatic heterocycles. The highest BCUT2D eigenvalue weighted by atomic mass is 35.5. The largest absolute Gasteiger partial charge is 0.496 e. The molecule has 0 bridgehead atoms. The van der Waals surface area contributed by atoms with Gasteiger partial charge in [-0.05, 0) is 49.3 Å². The summed E-state index contributed by atoms with van der Waals surface area (Å²) >= 11 is 6.62. The number of hydrogen-bond donors (Lipinski definition) is 0. The number of hydrogen-bond acceptors (Lipinski definition) is 1. The molecule has 1 aromatic carbocycles. The van der Waals surface area contributed by atoms with Crippen molar-refractivity contribution in [3.63, 3.8) is 0 Å². The van der Waals surface area contributed by atoms with E-state index in [2.05, 4.69) is 26.0 Å². The summed E-state index contributed by atoms with van der Waals surface area (Å²) in [5.74, 6) is 1.90. The smallest absolute Gasteiger partial charge is 0.124 e. The quantitative estimate of drug-likeness (QED) is 0.609. The second-order valence-corrected chi connectivity index (χ2v) is 6.76. The van der Waals surface area contributed by atoms with Crippen LogP contribution < -0.4 is 4.74 Å². The van der Waals surface area contributed by atoms with Crippen molar-refractivity contribution in [2.75, 3.05) is 7.11 Å². The van der Waals surface area contributed by atoms with Crippen LogP contribution in [0.5, 0.6) is 5.75 Å². The van der Waals surface area contributed by atoms with Crippen LogP contribution in [-0.4, -0.2) is 7.11 Å². The molecule has 0 heterocycles. The molecule has 0 aliphatic heterocycles. The van der Waals surface area contributed by atoms with Crippen molar-refractivity contribution in [2.24, 2.45) is 5.92 Å². The monoisotopic (exact) mass is 294 g/mol. The lowest BCUT2D eigenvalue weighted by Gasteiger charge is -2.23. The minimum atomic E-state index is 0.139. The summed E-state index contributed by atoms with van der Waals surface area (Å²) in [6, 6.07) is 4.37. The predicted octanol–water partition coefficient (Wildman–Crippen LogP) is 5.95. The fraction of sp³-hybridized carbons (Fsp3) is 0.667. The van der Waals surface area contributed by atoms with Crippen molar-refractivity contribution in [1.82, 2.24) is 0 Å². The van der Waals surface area contributed by atoms with E-state index >= 15 is 0 Å². The van der Waals surface area contributed by atoms with Crippen molar-refractivity contribution >= 4 is 11.6 Å². The average Bonchev–Trinajstić information content (AvgIpc) is 2.45. The SMILES string of the molecule is COc1c(C)cc(C(Cl)CCC2CCCCC2)cc1C. The Morgan fingerprint density at radius 2 is 1.75 bits per heavy atom. The van der Waals surface area contributed by atoms with Gasteiger partial charge in [-0.3, -0.25) is 0 Å². The normalized spacial score (nSPS) is 18.0. The third-order valence-corrected chi connectivity index (χ3v) is 5.07. The van der Waals surface area contributed by atoms with Gasteiger partial charge in [0.25, 0.3) is 0 Å². The van der Waals surface area contributed by atoms with Crippen LogP contribution in [0.2, 0.25) is 0 Å². The predicted molar refractivity (Wildman–Crippen MR) is 86.9 cm³/mol. The van der Waals surface area contributed by atoms with Crippen LogP contribution in [0, 0.1) is 19.8 Å². The second-order valence-electron chi connectivity index (χ2n) is 6.24. The second kappa shape index (κ2) is 7.36. The molecule has 20 heavy (non-hydrogen) atoms. The van der Waals surface area contributed by atoms with Gasteiger partial charge >= 0.3 is 0 Å². The summed E-state index contributed by atoms with van der Waals surface area (Å²) in [5, 5.41) is 0.139. The highest BCUT2D eigenvalue weighted by Crippen LogP contribution is 2.35. The molecule has 2 rings (SSSR count). The van der Waals surface area contributed by atoms with Crippen LogP contribution in [0.1, 0.15) is 67.0 Å². The molecule has 1 aliphatic rings. The van der Waals surface area contributed by atoms with Crippen LogP contribution in [-0.2, 0) is 0 Å². The van der Waals surface area contributed by atoms with Crippen LogP contribution in [0.3, 0.4) is 0 Å². The van der Waals surface area contributed by atoms with Crippen molar-refractivity contribution in [3.8, 4) is 5.75 Å². The van der Waals surface area contributed by atoms with Crippen molar-refractivity contribution in [2.45, 2.75) is 64.2 Å². The van der Waals surface area contributed by atoms with Gasteiger partial charge in [0.1, 0.15) is 5.75 Å². The number of ether oxygens (including phenoxy) is 1. The minimum Gasteiger partial charge on any atom is -0.496 e. The van der Waals surface area contributed by atoms with Crippen molar-refractivity contribution < 1.29 is 4.74 Å². The Morgan fingerprint density at radius 1 is 1.15 bits per heavy atom. The van der Waals surface area contributed by atoms with E-state index in [1.807, 2.05) is 0 Å². The first-order chi connectivity index (χ1) is 9.61. The van der Waals surface area contributed by atoms with E-state index in [1.165, 1.54) is 55.2 Å². The van der Waals surface area contributed by atoms with Crippen LogP contribution in [0.25, 0.3) is 0 Å². The number of halogens is 1. The summed E-state index contributed by atoms with van der Waals surface area (Å²) in [4.78, 5) is 0. The lowest BCUT2D eigenvalue weighted by molar-refractivity contribution is 0.331. The first kappa shape index (κ1) is 15.7. The molecule has 0 amide bonds. The average molecular weight is 295 g/mol. The summed E-state index contributed by atoms with van der Waals surface area (Å²) in [6.45, 7) is 4.19. The molecule has 1 fully saturated rings. The molecule has 0 N–H and O–H groups in total. The van der Waals surface area contributed by atoms with Gasteiger partial charge < -0.3 is 4.74 Å². The third-order valence-electron chi connectivity index (χ3n) is 4.60. The molecule has 1 aromatic rings. The molecule has 2 heteroatoms. The fourth-order valence-corrected chi connectivity index (χ4v) is 3.76. The highest BCUT2D eigenvalue weighted by molar-refractivity contribution is 6.20. The van der Waals surface area contributed by atoms with Crippen LogP contribution >= 0.6 is 11.6 Å². The summed E-state index contributed by atoms with van der Waals surface area (Å²) in [6.07, 6.45) is 9.44. The number of alkyl halides is 1. The van der Waals surface area contributed by atoms with E-state index < -0.39 is 0 Å². The van der Waals surface area contributed by atoms with E-state index in [1.54, 1.807) is 7.11 Å². The number of benzene rings is 1. The molecule has 1 atom stereocenters. The Hall–Kier alpha value is -0.690. The van der Waals surface area contributed by atoms with E-state index in [0.29, 0.717) is 0 Å². The summed E-state index contributed by atoms with van der Waals surface area (Å²) in [7, 11) is 1.73. The first-order valence-corrected chi connectivity index (χ1v) is 8.34. The Kier molecular flexibility index (Phi) is 5.77. The molecule has 1 aliphatic carbocycles. The number of methoxy groups -OCH3 is 1. The van der Waals surface area contributed by atoms with E-state index in [-0.39, 0.29) is 5.38 Å². The van der Waals surface area contributed by atoms with Gasteiger partial charge in [0.15, 0.2) is 0 Å². The van der Waals surface area contributed by atoms with Gasteiger partial charge in [0, 0.05) is 0 Å². The van der Waals surface area contributed by atoms with E-state index in [4.69, 9.17) is 16.3 Å². The third kappa shape index (κ3) is 3.91. The maximum absolute atomic E-state index is 6.62. The Bertz CT molecular complexity index is 412. The van der Waals surface area contributed by atoms with Crippen LogP contribution in [0.4, 0.5) is 0 Å². The lowest BCUT2D eigenvalue weighted by Crippen LogP contribution is -2.07. The van der Waals surface area contributed by atoms with Gasteiger partial charge in [0.2, 0.25) is 0 Å². The van der Waals surface area contributed by atoms with Gasteiger partial charge in [0.05, 0.1) is 12.5 Å². The molecule has 112 valence electrons. The van der Waals surface area contributed by atoms with Crippen molar-refractivity contribution in [1.29, 1.82) is 0 Å². The fourth-order valence-electron chi connectivity index (χ4n) is 3.51. The Balaban J connectivity index is 1.96. The van der Waals surface area contributed by atoms with E-state index in [0.717, 1.165) is 18.1 Å². The minimum absolute atomic E-state index is 0.139. The van der Waals surface area contributed by atoms with Gasteiger partial charge in [-0.1, -0.05) is 44.2 Å². The Labute approximate surface area is 128 Å². The maximum atomic E-state index is 6.62. The molecule has 1 saturated carbocycles. The molecule has 0 spiro atoms. The zero-order valence-corrected chi connectivity index (χ0v) is 13.8. The van der Waals surface area contributed by atoms with Gasteiger partial charge in [-0.15, -0.1) is 11.6 Å². The summed E-state index contributed by atoms with van der Waals surface area (Å²) < 4.78 is 5.42. The number of aryl methyl sites for hydroxylation is 2. The van der Waals surface area contributed by atoms with Gasteiger partial charge in [-0.2, -0.15) is 0 Å². The maximum Gasteiger partial charge on any atom is 0.124 e. The van der Waals surface area contributed by atoms with Gasteiger partial charge in [-0.25, -0.2) is 0 Å². The molecular weight excluding hydrogens is 268 g/mol. The molecule has 0 radical (unpaired) electrons. The topological polar surface area (TPSA) is 9.23 Å². The Morgan fingerprint density at radius 3 is 2.30 bits per heavy atom. The van der Waals surface area contributed by atoms with Crippen molar-refractivity contribution in [3.05, 3.63) is 28.8 Å². The molecule has 0 saturated heterocycles. The standard InChI is InChI=1S/C18H27ClO/c1-13-11-16(12-14(2)18(13)20-3)17(19)10-9-15-7-5-4-6-8-15/h11-12,15,17H,4-10H2,1-3H3. The zero-order valence-electron chi connectivity index (χ0n) is 13.0. The lowest BCUT2D eigenvalue weighted by atomic mass is 9.85. The van der Waals surface area contributed by atoms with Crippen LogP contribution in [0.15, 0.2) is 12.1 Å². The first-order valence-electron chi connectivity index (χ1n) is 7.91. The number of rotatable bonds is 5. The van der Waals surface area contributed by atoms with E-state index in [9.17, 15) is 0 Å². The summed E-state index contributed by atoms with van der Waals surface area (Å²) in [5.41, 5.74) is 3.62. The molecule has 1 unspecified atom stereocenters.